The number of ether oxygens (including phenoxy) is 1. The predicted octanol–water partition coefficient (Wildman–Crippen LogP) is 3.04. The van der Waals surface area contributed by atoms with E-state index >= 15 is 0 Å². The monoisotopic (exact) mass is 289 g/mol. The molecule has 0 radical (unpaired) electrons. The van der Waals surface area contributed by atoms with Crippen molar-refractivity contribution >= 4 is 12.0 Å². The number of hydrogen-bond acceptors (Lipinski definition) is 3. The number of piperidine rings is 1. The van der Waals surface area contributed by atoms with Gasteiger partial charge in [-0.25, -0.2) is 0 Å². The summed E-state index contributed by atoms with van der Waals surface area (Å²) in [4.78, 5) is 13.2. The van der Waals surface area contributed by atoms with Crippen molar-refractivity contribution in [3.63, 3.8) is 0 Å². The molecule has 21 heavy (non-hydrogen) atoms. The van der Waals surface area contributed by atoms with Crippen LogP contribution in [0, 0.1) is 0 Å². The van der Waals surface area contributed by atoms with E-state index in [9.17, 15) is 4.79 Å². The summed E-state index contributed by atoms with van der Waals surface area (Å²) in [6, 6.07) is 8.08. The third-order valence-electron chi connectivity index (χ3n) is 3.93. The Morgan fingerprint density at radius 1 is 1.38 bits per heavy atom. The smallest absolute Gasteiger partial charge is 0.304 e. The van der Waals surface area contributed by atoms with Crippen LogP contribution in [-0.2, 0) is 4.79 Å². The van der Waals surface area contributed by atoms with Crippen LogP contribution in [0.25, 0.3) is 6.08 Å². The molecule has 1 saturated heterocycles. The van der Waals surface area contributed by atoms with E-state index in [0.717, 1.165) is 43.7 Å². The Morgan fingerprint density at radius 2 is 2.14 bits per heavy atom. The molecular weight excluding hydrogens is 266 g/mol. The number of carbonyl (C=O) groups is 1. The number of aliphatic carboxylic acids is 1. The highest BCUT2D eigenvalue weighted by Gasteiger charge is 2.23. The van der Waals surface area contributed by atoms with E-state index in [0.29, 0.717) is 0 Å². The van der Waals surface area contributed by atoms with Gasteiger partial charge in [0.2, 0.25) is 0 Å². The van der Waals surface area contributed by atoms with Crippen LogP contribution < -0.4 is 4.74 Å². The van der Waals surface area contributed by atoms with Crippen LogP contribution in [0.1, 0.15) is 31.2 Å². The van der Waals surface area contributed by atoms with Crippen molar-refractivity contribution in [3.05, 3.63) is 35.9 Å². The Morgan fingerprint density at radius 3 is 2.81 bits per heavy atom. The zero-order valence-corrected chi connectivity index (χ0v) is 12.5. The summed E-state index contributed by atoms with van der Waals surface area (Å²) in [5.41, 5.74) is 1.13. The number of carboxylic acids is 1. The average molecular weight is 289 g/mol. The Labute approximate surface area is 126 Å². The molecule has 0 saturated carbocycles. The van der Waals surface area contributed by atoms with E-state index in [1.54, 1.807) is 7.11 Å². The normalized spacial score (nSPS) is 19.8. The first-order chi connectivity index (χ1) is 10.2. The van der Waals surface area contributed by atoms with Gasteiger partial charge in [0.1, 0.15) is 5.75 Å². The lowest BCUT2D eigenvalue weighted by Crippen LogP contribution is -2.40. The average Bonchev–Trinajstić information content (AvgIpc) is 2.49. The number of rotatable bonds is 6. The van der Waals surface area contributed by atoms with Gasteiger partial charge in [-0.2, -0.15) is 0 Å². The van der Waals surface area contributed by atoms with Gasteiger partial charge in [-0.3, -0.25) is 9.69 Å². The van der Waals surface area contributed by atoms with Gasteiger partial charge in [0.25, 0.3) is 0 Å². The molecule has 1 aromatic carbocycles. The molecule has 0 spiro atoms. The summed E-state index contributed by atoms with van der Waals surface area (Å²) < 4.78 is 5.13. The SMILES string of the molecule is COc1ccc(/C=C/CN2CCCC[C@@H]2CC(=O)O)cc1. The van der Waals surface area contributed by atoms with Crippen LogP contribution >= 0.6 is 0 Å². The molecule has 1 aromatic rings. The summed E-state index contributed by atoms with van der Waals surface area (Å²) in [6.07, 6.45) is 7.72. The van der Waals surface area contributed by atoms with Crippen molar-refractivity contribution in [2.75, 3.05) is 20.2 Å². The summed E-state index contributed by atoms with van der Waals surface area (Å²) in [6.45, 7) is 1.80. The zero-order valence-electron chi connectivity index (χ0n) is 12.5. The fraction of sp³-hybridized carbons (Fsp3) is 0.471. The van der Waals surface area contributed by atoms with Crippen molar-refractivity contribution < 1.29 is 14.6 Å². The first kappa shape index (κ1) is 15.6. The van der Waals surface area contributed by atoms with Gasteiger partial charge >= 0.3 is 5.97 Å². The minimum atomic E-state index is -0.703. The molecule has 1 aliphatic heterocycles. The maximum Gasteiger partial charge on any atom is 0.304 e. The van der Waals surface area contributed by atoms with Crippen molar-refractivity contribution in [1.29, 1.82) is 0 Å². The summed E-state index contributed by atoms with van der Waals surface area (Å²) in [5.74, 6) is 0.149. The molecular formula is C17H23NO3. The molecule has 0 aromatic heterocycles. The highest BCUT2D eigenvalue weighted by Crippen LogP contribution is 2.20. The molecule has 0 amide bonds. The topological polar surface area (TPSA) is 49.8 Å². The van der Waals surface area contributed by atoms with Gasteiger partial charge < -0.3 is 9.84 Å². The lowest BCUT2D eigenvalue weighted by molar-refractivity contribution is -0.138. The third-order valence-corrected chi connectivity index (χ3v) is 3.93. The molecule has 1 heterocycles. The Balaban J connectivity index is 1.89. The fourth-order valence-corrected chi connectivity index (χ4v) is 2.77. The second-order valence-corrected chi connectivity index (χ2v) is 5.42. The highest BCUT2D eigenvalue weighted by atomic mass is 16.5. The first-order valence-electron chi connectivity index (χ1n) is 7.45. The number of carboxylic acid groups (broad SMARTS) is 1. The molecule has 1 fully saturated rings. The lowest BCUT2D eigenvalue weighted by atomic mass is 9.99. The molecule has 1 aliphatic rings. The van der Waals surface area contributed by atoms with E-state index in [1.165, 1.54) is 0 Å². The second kappa shape index (κ2) is 7.84. The number of methoxy groups -OCH3 is 1. The molecule has 114 valence electrons. The highest BCUT2D eigenvalue weighted by molar-refractivity contribution is 5.67. The standard InChI is InChI=1S/C17H23NO3/c1-21-16-9-7-14(8-10-16)5-4-12-18-11-3-2-6-15(18)13-17(19)20/h4-5,7-10,15H,2-3,6,11-13H2,1H3,(H,19,20)/b5-4+/t15-/m1/s1. The summed E-state index contributed by atoms with van der Waals surface area (Å²) in [7, 11) is 1.66. The Bertz CT molecular complexity index is 481. The van der Waals surface area contributed by atoms with Gasteiger partial charge in [-0.05, 0) is 37.1 Å². The lowest BCUT2D eigenvalue weighted by Gasteiger charge is -2.34. The largest absolute Gasteiger partial charge is 0.497 e. The molecule has 0 unspecified atom stereocenters. The van der Waals surface area contributed by atoms with Crippen molar-refractivity contribution in [2.24, 2.45) is 0 Å². The van der Waals surface area contributed by atoms with Gasteiger partial charge in [0.05, 0.1) is 13.5 Å². The van der Waals surface area contributed by atoms with Gasteiger partial charge in [0.15, 0.2) is 0 Å². The van der Waals surface area contributed by atoms with Crippen LogP contribution in [0.3, 0.4) is 0 Å². The Hall–Kier alpha value is -1.81. The van der Waals surface area contributed by atoms with E-state index in [-0.39, 0.29) is 12.5 Å². The molecule has 4 nitrogen and oxygen atoms in total. The first-order valence-corrected chi connectivity index (χ1v) is 7.45. The minimum absolute atomic E-state index is 0.178. The van der Waals surface area contributed by atoms with Crippen LogP contribution in [0.2, 0.25) is 0 Å². The van der Waals surface area contributed by atoms with Crippen LogP contribution in [-0.4, -0.2) is 42.2 Å². The predicted molar refractivity (Wildman–Crippen MR) is 83.5 cm³/mol. The van der Waals surface area contributed by atoms with E-state index in [2.05, 4.69) is 17.1 Å². The second-order valence-electron chi connectivity index (χ2n) is 5.42. The molecule has 0 aliphatic carbocycles. The van der Waals surface area contributed by atoms with Crippen molar-refractivity contribution in [2.45, 2.75) is 31.7 Å². The van der Waals surface area contributed by atoms with Crippen molar-refractivity contribution in [3.8, 4) is 5.75 Å². The van der Waals surface area contributed by atoms with E-state index < -0.39 is 5.97 Å². The number of benzene rings is 1. The third kappa shape index (κ3) is 4.90. The number of nitrogens with zero attached hydrogens (tertiary/aromatic N) is 1. The van der Waals surface area contributed by atoms with Gasteiger partial charge in [-0.15, -0.1) is 0 Å². The van der Waals surface area contributed by atoms with Gasteiger partial charge in [-0.1, -0.05) is 30.7 Å². The van der Waals surface area contributed by atoms with Gasteiger partial charge in [0, 0.05) is 12.6 Å². The summed E-state index contributed by atoms with van der Waals surface area (Å²) in [5, 5.41) is 8.98. The van der Waals surface area contributed by atoms with Crippen LogP contribution in [0.5, 0.6) is 5.75 Å². The zero-order chi connectivity index (χ0) is 15.1. The van der Waals surface area contributed by atoms with Crippen LogP contribution in [0.15, 0.2) is 30.3 Å². The molecule has 4 heteroatoms. The molecule has 1 atom stereocenters. The maximum absolute atomic E-state index is 10.9. The maximum atomic E-state index is 10.9. The van der Waals surface area contributed by atoms with Crippen LogP contribution in [0.4, 0.5) is 0 Å². The molecule has 0 bridgehead atoms. The molecule has 1 N–H and O–H groups in total. The van der Waals surface area contributed by atoms with Crippen molar-refractivity contribution in [1.82, 2.24) is 4.90 Å². The quantitative estimate of drug-likeness (QED) is 0.874. The molecule has 2 rings (SSSR count). The number of likely N-dealkylation sites (tertiary alicyclic amines) is 1. The summed E-state index contributed by atoms with van der Waals surface area (Å²) >= 11 is 0. The van der Waals surface area contributed by atoms with E-state index in [4.69, 9.17) is 9.84 Å². The number of hydrogen-bond donors (Lipinski definition) is 1. The van der Waals surface area contributed by atoms with E-state index in [1.807, 2.05) is 24.3 Å². The minimum Gasteiger partial charge on any atom is -0.497 e. The Kier molecular flexibility index (Phi) is 5.81. The fourth-order valence-electron chi connectivity index (χ4n) is 2.77.